The fourth-order valence-corrected chi connectivity index (χ4v) is 2.93. The molecule has 0 saturated heterocycles. The molecule has 0 aliphatic carbocycles. The molecule has 24 heavy (non-hydrogen) atoms. The molecule has 3 nitrogen and oxygen atoms in total. The Morgan fingerprint density at radius 3 is 2.42 bits per heavy atom. The van der Waals surface area contributed by atoms with Gasteiger partial charge < -0.3 is 15.6 Å². The van der Waals surface area contributed by atoms with Crippen LogP contribution in [0, 0.1) is 6.92 Å². The fraction of sp³-hybridized carbons (Fsp3) is 0.238. The number of benzene rings is 2. The molecule has 0 spiro atoms. The molecular weight excluding hydrogens is 294 g/mol. The van der Waals surface area contributed by atoms with Crippen LogP contribution in [0.15, 0.2) is 54.7 Å². The first kappa shape index (κ1) is 16.2. The van der Waals surface area contributed by atoms with Crippen LogP contribution in [0.5, 0.6) is 0 Å². The third-order valence-corrected chi connectivity index (χ3v) is 4.63. The first-order valence-corrected chi connectivity index (χ1v) is 8.34. The highest BCUT2D eigenvalue weighted by atomic mass is 15.1. The Morgan fingerprint density at radius 1 is 1.00 bits per heavy atom. The van der Waals surface area contributed by atoms with E-state index in [-0.39, 0.29) is 0 Å². The second-order valence-electron chi connectivity index (χ2n) is 6.60. The molecule has 3 rings (SSSR count). The number of aromatic amines is 1. The third kappa shape index (κ3) is 3.02. The number of nitrogen functional groups attached to an aromatic ring is 1. The highest BCUT2D eigenvalue weighted by Crippen LogP contribution is 2.32. The van der Waals surface area contributed by atoms with Gasteiger partial charge in [0.25, 0.3) is 0 Å². The fourth-order valence-electron chi connectivity index (χ4n) is 2.93. The summed E-state index contributed by atoms with van der Waals surface area (Å²) in [6.07, 6.45) is 2.06. The van der Waals surface area contributed by atoms with Crippen molar-refractivity contribution in [1.82, 2.24) is 4.98 Å². The van der Waals surface area contributed by atoms with Gasteiger partial charge in [-0.3, -0.25) is 0 Å². The van der Waals surface area contributed by atoms with Crippen LogP contribution < -0.4 is 10.6 Å². The van der Waals surface area contributed by atoms with Gasteiger partial charge in [0, 0.05) is 36.1 Å². The maximum atomic E-state index is 6.28. The molecule has 124 valence electrons. The number of hydrogen-bond acceptors (Lipinski definition) is 2. The van der Waals surface area contributed by atoms with Crippen LogP contribution in [0.2, 0.25) is 0 Å². The number of anilines is 2. The van der Waals surface area contributed by atoms with E-state index < -0.39 is 0 Å². The molecule has 0 fully saturated rings. The van der Waals surface area contributed by atoms with Crippen molar-refractivity contribution in [2.45, 2.75) is 26.8 Å². The first-order chi connectivity index (χ1) is 11.5. The molecule has 0 saturated carbocycles. The van der Waals surface area contributed by atoms with Crippen LogP contribution in [-0.4, -0.2) is 18.1 Å². The average Bonchev–Trinajstić information content (AvgIpc) is 3.04. The summed E-state index contributed by atoms with van der Waals surface area (Å²) >= 11 is 0. The summed E-state index contributed by atoms with van der Waals surface area (Å²) < 4.78 is 0. The van der Waals surface area contributed by atoms with Crippen LogP contribution in [-0.2, 0) is 0 Å². The molecular formula is C21H25N3. The predicted molar refractivity (Wildman–Crippen MR) is 104 cm³/mol. The second kappa shape index (κ2) is 6.44. The van der Waals surface area contributed by atoms with Crippen molar-refractivity contribution >= 4 is 11.4 Å². The summed E-state index contributed by atoms with van der Waals surface area (Å²) in [5.41, 5.74) is 14.1. The van der Waals surface area contributed by atoms with Gasteiger partial charge in [-0.2, -0.15) is 0 Å². The lowest BCUT2D eigenvalue weighted by atomic mass is 10.0. The number of nitrogens with one attached hydrogen (secondary N) is 1. The van der Waals surface area contributed by atoms with Crippen molar-refractivity contribution in [2.24, 2.45) is 0 Å². The Hall–Kier alpha value is -2.68. The average molecular weight is 319 g/mol. The highest BCUT2D eigenvalue weighted by molar-refractivity contribution is 5.78. The zero-order valence-electron chi connectivity index (χ0n) is 14.8. The number of aryl methyl sites for hydroxylation is 1. The van der Waals surface area contributed by atoms with Gasteiger partial charge in [-0.15, -0.1) is 0 Å². The van der Waals surface area contributed by atoms with Crippen LogP contribution in [0.1, 0.15) is 19.4 Å². The van der Waals surface area contributed by atoms with Gasteiger partial charge in [0.1, 0.15) is 0 Å². The van der Waals surface area contributed by atoms with Gasteiger partial charge in [0.2, 0.25) is 0 Å². The topological polar surface area (TPSA) is 45.0 Å². The van der Waals surface area contributed by atoms with Gasteiger partial charge in [-0.05, 0) is 50.1 Å². The summed E-state index contributed by atoms with van der Waals surface area (Å²) in [5.74, 6) is 0. The zero-order chi connectivity index (χ0) is 17.3. The Balaban J connectivity index is 1.94. The maximum Gasteiger partial charge on any atom is 0.0600 e. The van der Waals surface area contributed by atoms with Crippen molar-refractivity contribution in [3.05, 3.63) is 60.3 Å². The minimum atomic E-state index is 0.413. The van der Waals surface area contributed by atoms with Crippen LogP contribution in [0.3, 0.4) is 0 Å². The van der Waals surface area contributed by atoms with E-state index in [2.05, 4.69) is 86.4 Å². The maximum absolute atomic E-state index is 6.28. The van der Waals surface area contributed by atoms with E-state index in [0.29, 0.717) is 6.04 Å². The van der Waals surface area contributed by atoms with Gasteiger partial charge in [0.05, 0.1) is 11.4 Å². The standard InChI is InChI=1S/C21H25N3/c1-14(2)24(4)21-10-9-16(11-19(21)22)20-12-17(13-23-20)18-8-6-5-7-15(18)3/h5-14,23H,22H2,1-4H3. The molecule has 0 radical (unpaired) electrons. The number of rotatable bonds is 4. The molecule has 0 aliphatic rings. The Bertz CT molecular complexity index is 846. The van der Waals surface area contributed by atoms with E-state index in [1.54, 1.807) is 0 Å². The molecule has 1 heterocycles. The van der Waals surface area contributed by atoms with Gasteiger partial charge >= 0.3 is 0 Å². The molecule has 3 N–H and O–H groups in total. The molecule has 0 atom stereocenters. The van der Waals surface area contributed by atoms with E-state index >= 15 is 0 Å². The van der Waals surface area contributed by atoms with E-state index in [0.717, 1.165) is 22.6 Å². The van der Waals surface area contributed by atoms with E-state index in [4.69, 9.17) is 5.73 Å². The lowest BCUT2D eigenvalue weighted by Crippen LogP contribution is -2.26. The van der Waals surface area contributed by atoms with Crippen LogP contribution >= 0.6 is 0 Å². The van der Waals surface area contributed by atoms with E-state index in [1.165, 1.54) is 16.7 Å². The number of H-pyrrole nitrogens is 1. The van der Waals surface area contributed by atoms with E-state index in [9.17, 15) is 0 Å². The zero-order valence-corrected chi connectivity index (χ0v) is 14.8. The molecule has 0 amide bonds. The summed E-state index contributed by atoms with van der Waals surface area (Å²) in [7, 11) is 2.07. The number of hydrogen-bond donors (Lipinski definition) is 2. The minimum Gasteiger partial charge on any atom is -0.397 e. The molecule has 0 unspecified atom stereocenters. The Kier molecular flexibility index (Phi) is 4.34. The molecule has 0 bridgehead atoms. The van der Waals surface area contributed by atoms with Crippen molar-refractivity contribution in [3.63, 3.8) is 0 Å². The number of aromatic nitrogens is 1. The molecule has 0 aliphatic heterocycles. The summed E-state index contributed by atoms with van der Waals surface area (Å²) in [6, 6.07) is 17.3. The van der Waals surface area contributed by atoms with Crippen LogP contribution in [0.25, 0.3) is 22.4 Å². The van der Waals surface area contributed by atoms with Crippen LogP contribution in [0.4, 0.5) is 11.4 Å². The van der Waals surface area contributed by atoms with Gasteiger partial charge in [-0.1, -0.05) is 30.3 Å². The predicted octanol–water partition coefficient (Wildman–Crippen LogP) is 5.08. The Morgan fingerprint density at radius 2 is 1.75 bits per heavy atom. The summed E-state index contributed by atoms with van der Waals surface area (Å²) in [4.78, 5) is 5.56. The first-order valence-electron chi connectivity index (χ1n) is 8.34. The third-order valence-electron chi connectivity index (χ3n) is 4.63. The smallest absolute Gasteiger partial charge is 0.0600 e. The highest BCUT2D eigenvalue weighted by Gasteiger charge is 2.11. The minimum absolute atomic E-state index is 0.413. The SMILES string of the molecule is Cc1ccccc1-c1c[nH]c(-c2ccc(N(C)C(C)C)c(N)c2)c1. The van der Waals surface area contributed by atoms with Crippen molar-refractivity contribution < 1.29 is 0 Å². The van der Waals surface area contributed by atoms with Crippen molar-refractivity contribution in [3.8, 4) is 22.4 Å². The second-order valence-corrected chi connectivity index (χ2v) is 6.60. The van der Waals surface area contributed by atoms with Crippen molar-refractivity contribution in [2.75, 3.05) is 17.7 Å². The quantitative estimate of drug-likeness (QED) is 0.658. The summed E-state index contributed by atoms with van der Waals surface area (Å²) in [6.45, 7) is 6.45. The lowest BCUT2D eigenvalue weighted by molar-refractivity contribution is 0.756. The number of nitrogens with zero attached hydrogens (tertiary/aromatic N) is 1. The molecule has 1 aromatic heterocycles. The lowest BCUT2D eigenvalue weighted by Gasteiger charge is -2.25. The molecule has 2 aromatic carbocycles. The molecule has 3 heteroatoms. The normalized spacial score (nSPS) is 11.0. The summed E-state index contributed by atoms with van der Waals surface area (Å²) in [5, 5.41) is 0. The van der Waals surface area contributed by atoms with Gasteiger partial charge in [0.15, 0.2) is 0 Å². The molecule has 3 aromatic rings. The number of nitrogens with two attached hydrogens (primary N) is 1. The Labute approximate surface area is 144 Å². The van der Waals surface area contributed by atoms with Gasteiger partial charge in [-0.25, -0.2) is 0 Å². The van der Waals surface area contributed by atoms with Crippen molar-refractivity contribution in [1.29, 1.82) is 0 Å². The largest absolute Gasteiger partial charge is 0.397 e. The van der Waals surface area contributed by atoms with E-state index in [1.807, 2.05) is 6.07 Å². The monoisotopic (exact) mass is 319 g/mol.